The Morgan fingerprint density at radius 2 is 2.24 bits per heavy atom. The monoisotopic (exact) mass is 288 g/mol. The fourth-order valence-electron chi connectivity index (χ4n) is 2.71. The minimum atomic E-state index is -0.631. The molecule has 2 N–H and O–H groups in total. The molecule has 2 rings (SSSR count). The Hall–Kier alpha value is -1.97. The standard InChI is InChI=1S/C17H21FN2O/c1-3-4-6-17(2,7-8-19)16(21)13-10-12-5-9-20-15(12)14(18)11-13/h5,8-11,19-20H,3-4,6-7H2,1-2H3/t17-/m1/s1. The van der Waals surface area contributed by atoms with Crippen LogP contribution in [0.15, 0.2) is 24.4 Å². The Morgan fingerprint density at radius 3 is 2.90 bits per heavy atom. The van der Waals surface area contributed by atoms with E-state index < -0.39 is 11.2 Å². The summed E-state index contributed by atoms with van der Waals surface area (Å²) in [6.45, 7) is 3.94. The number of Topliss-reactive ketones (excluding diaryl/α,β-unsaturated/α-hetero) is 1. The van der Waals surface area contributed by atoms with E-state index in [1.165, 1.54) is 12.3 Å². The van der Waals surface area contributed by atoms with E-state index in [0.29, 0.717) is 29.3 Å². The van der Waals surface area contributed by atoms with Gasteiger partial charge in [0.15, 0.2) is 5.78 Å². The van der Waals surface area contributed by atoms with Crippen LogP contribution in [0.4, 0.5) is 4.39 Å². The zero-order chi connectivity index (χ0) is 15.5. The highest BCUT2D eigenvalue weighted by atomic mass is 19.1. The van der Waals surface area contributed by atoms with Crippen LogP contribution in [0.2, 0.25) is 0 Å². The highest BCUT2D eigenvalue weighted by Crippen LogP contribution is 2.33. The number of ketones is 1. The molecule has 0 saturated heterocycles. The first-order chi connectivity index (χ1) is 10.0. The normalized spacial score (nSPS) is 14.0. The molecule has 0 aliphatic heterocycles. The second kappa shape index (κ2) is 6.20. The molecule has 1 aromatic carbocycles. The Labute approximate surface area is 124 Å². The lowest BCUT2D eigenvalue weighted by molar-refractivity contribution is 0.0808. The zero-order valence-electron chi connectivity index (χ0n) is 12.5. The summed E-state index contributed by atoms with van der Waals surface area (Å²) in [6, 6.07) is 4.79. The van der Waals surface area contributed by atoms with Gasteiger partial charge < -0.3 is 10.4 Å². The van der Waals surface area contributed by atoms with Crippen molar-refractivity contribution in [1.82, 2.24) is 4.98 Å². The summed E-state index contributed by atoms with van der Waals surface area (Å²) in [5, 5.41) is 8.04. The van der Waals surface area contributed by atoms with Crippen LogP contribution in [0.1, 0.15) is 49.9 Å². The van der Waals surface area contributed by atoms with Crippen molar-refractivity contribution >= 4 is 22.9 Å². The van der Waals surface area contributed by atoms with Gasteiger partial charge in [-0.05, 0) is 37.3 Å². The SMILES string of the molecule is CCCC[C@](C)(CC=N)C(=O)c1cc(F)c2[nH]ccc2c1. The van der Waals surface area contributed by atoms with Gasteiger partial charge in [0.2, 0.25) is 0 Å². The fourth-order valence-corrected chi connectivity index (χ4v) is 2.71. The molecule has 0 saturated carbocycles. The maximum absolute atomic E-state index is 14.0. The smallest absolute Gasteiger partial charge is 0.169 e. The molecule has 2 aromatic rings. The van der Waals surface area contributed by atoms with Crippen LogP contribution >= 0.6 is 0 Å². The van der Waals surface area contributed by atoms with E-state index >= 15 is 0 Å². The van der Waals surface area contributed by atoms with Gasteiger partial charge >= 0.3 is 0 Å². The Bertz CT molecular complexity index is 662. The van der Waals surface area contributed by atoms with Crippen LogP contribution in [0.25, 0.3) is 10.9 Å². The minimum absolute atomic E-state index is 0.0820. The lowest BCUT2D eigenvalue weighted by Crippen LogP contribution is -2.28. The number of carbonyl (C=O) groups is 1. The third-order valence-electron chi connectivity index (χ3n) is 4.06. The summed E-state index contributed by atoms with van der Waals surface area (Å²) in [6.07, 6.45) is 5.95. The molecule has 0 spiro atoms. The Kier molecular flexibility index (Phi) is 4.56. The quantitative estimate of drug-likeness (QED) is 0.562. The molecule has 0 amide bonds. The van der Waals surface area contributed by atoms with Gasteiger partial charge in [-0.25, -0.2) is 4.39 Å². The number of unbranched alkanes of at least 4 members (excludes halogenated alkanes) is 1. The van der Waals surface area contributed by atoms with E-state index in [2.05, 4.69) is 11.9 Å². The number of rotatable bonds is 7. The Morgan fingerprint density at radius 1 is 1.48 bits per heavy atom. The van der Waals surface area contributed by atoms with Crippen molar-refractivity contribution in [1.29, 1.82) is 5.41 Å². The molecule has 0 radical (unpaired) electrons. The number of nitrogens with one attached hydrogen (secondary N) is 2. The van der Waals surface area contributed by atoms with Crippen molar-refractivity contribution in [2.24, 2.45) is 5.41 Å². The number of benzene rings is 1. The molecular weight excluding hydrogens is 267 g/mol. The number of H-pyrrole nitrogens is 1. The number of aromatic nitrogens is 1. The number of fused-ring (bicyclic) bond motifs is 1. The fraction of sp³-hybridized carbons (Fsp3) is 0.412. The lowest BCUT2D eigenvalue weighted by Gasteiger charge is -2.26. The van der Waals surface area contributed by atoms with Crippen LogP contribution < -0.4 is 0 Å². The molecular formula is C17H21FN2O. The van der Waals surface area contributed by atoms with Gasteiger partial charge in [-0.3, -0.25) is 4.79 Å². The van der Waals surface area contributed by atoms with E-state index in [-0.39, 0.29) is 5.78 Å². The highest BCUT2D eigenvalue weighted by Gasteiger charge is 2.32. The molecule has 3 nitrogen and oxygen atoms in total. The van der Waals surface area contributed by atoms with Gasteiger partial charge in [0.1, 0.15) is 5.82 Å². The van der Waals surface area contributed by atoms with E-state index in [9.17, 15) is 9.18 Å². The summed E-state index contributed by atoms with van der Waals surface area (Å²) >= 11 is 0. The van der Waals surface area contributed by atoms with Crippen LogP contribution in [-0.4, -0.2) is 17.0 Å². The van der Waals surface area contributed by atoms with E-state index in [1.807, 2.05) is 6.92 Å². The number of halogens is 1. The largest absolute Gasteiger partial charge is 0.359 e. The van der Waals surface area contributed by atoms with Crippen LogP contribution in [-0.2, 0) is 0 Å². The minimum Gasteiger partial charge on any atom is -0.359 e. The van der Waals surface area contributed by atoms with Gasteiger partial charge in [-0.1, -0.05) is 26.7 Å². The molecule has 4 heteroatoms. The first kappa shape index (κ1) is 15.4. The molecule has 1 aromatic heterocycles. The van der Waals surface area contributed by atoms with Gasteiger partial charge in [0.25, 0.3) is 0 Å². The zero-order valence-corrected chi connectivity index (χ0v) is 12.5. The number of aromatic amines is 1. The van der Waals surface area contributed by atoms with Crippen molar-refractivity contribution < 1.29 is 9.18 Å². The van der Waals surface area contributed by atoms with E-state index in [0.717, 1.165) is 12.8 Å². The second-order valence-corrected chi connectivity index (χ2v) is 5.80. The van der Waals surface area contributed by atoms with Crippen LogP contribution in [0.3, 0.4) is 0 Å². The number of carbonyl (C=O) groups excluding carboxylic acids is 1. The maximum Gasteiger partial charge on any atom is 0.169 e. The average molecular weight is 288 g/mol. The maximum atomic E-state index is 14.0. The third kappa shape index (κ3) is 3.04. The molecule has 0 fully saturated rings. The molecule has 21 heavy (non-hydrogen) atoms. The van der Waals surface area contributed by atoms with Crippen molar-refractivity contribution in [2.75, 3.05) is 0 Å². The third-order valence-corrected chi connectivity index (χ3v) is 4.06. The molecule has 1 atom stereocenters. The summed E-state index contributed by atoms with van der Waals surface area (Å²) < 4.78 is 14.0. The van der Waals surface area contributed by atoms with Gasteiger partial charge in [-0.2, -0.15) is 0 Å². The topological polar surface area (TPSA) is 56.7 Å². The first-order valence-corrected chi connectivity index (χ1v) is 7.32. The van der Waals surface area contributed by atoms with E-state index in [4.69, 9.17) is 5.41 Å². The molecule has 1 heterocycles. The molecule has 0 aliphatic carbocycles. The van der Waals surface area contributed by atoms with E-state index in [1.54, 1.807) is 18.3 Å². The summed E-state index contributed by atoms with van der Waals surface area (Å²) in [7, 11) is 0. The second-order valence-electron chi connectivity index (χ2n) is 5.80. The summed E-state index contributed by atoms with van der Waals surface area (Å²) in [5.41, 5.74) is 0.183. The van der Waals surface area contributed by atoms with Crippen LogP contribution in [0.5, 0.6) is 0 Å². The predicted molar refractivity (Wildman–Crippen MR) is 83.6 cm³/mol. The Balaban J connectivity index is 2.40. The molecule has 0 unspecified atom stereocenters. The van der Waals surface area contributed by atoms with Crippen molar-refractivity contribution in [3.05, 3.63) is 35.8 Å². The van der Waals surface area contributed by atoms with Gasteiger partial charge in [-0.15, -0.1) is 0 Å². The highest BCUT2D eigenvalue weighted by molar-refractivity contribution is 6.03. The predicted octanol–water partition coefficient (Wildman–Crippen LogP) is 4.73. The first-order valence-electron chi connectivity index (χ1n) is 7.32. The summed E-state index contributed by atoms with van der Waals surface area (Å²) in [4.78, 5) is 15.6. The summed E-state index contributed by atoms with van der Waals surface area (Å²) in [5.74, 6) is -0.491. The van der Waals surface area contributed by atoms with Gasteiger partial charge in [0, 0.05) is 22.6 Å². The number of hydrogen-bond donors (Lipinski definition) is 2. The number of hydrogen-bond acceptors (Lipinski definition) is 2. The molecule has 112 valence electrons. The van der Waals surface area contributed by atoms with Crippen molar-refractivity contribution in [2.45, 2.75) is 39.5 Å². The average Bonchev–Trinajstić information content (AvgIpc) is 2.93. The lowest BCUT2D eigenvalue weighted by atomic mass is 9.75. The van der Waals surface area contributed by atoms with Crippen molar-refractivity contribution in [3.8, 4) is 0 Å². The molecule has 0 bridgehead atoms. The van der Waals surface area contributed by atoms with Gasteiger partial charge in [0.05, 0.1) is 5.52 Å². The van der Waals surface area contributed by atoms with Crippen LogP contribution in [0, 0.1) is 16.6 Å². The molecule has 0 aliphatic rings. The van der Waals surface area contributed by atoms with Crippen molar-refractivity contribution in [3.63, 3.8) is 0 Å².